The Kier molecular flexibility index (Phi) is 5.24. The molecule has 1 aliphatic heterocycles. The van der Waals surface area contributed by atoms with Crippen LogP contribution in [0.25, 0.3) is 0 Å². The summed E-state index contributed by atoms with van der Waals surface area (Å²) in [5, 5.41) is 0. The minimum atomic E-state index is -3.80. The molecule has 0 amide bonds. The van der Waals surface area contributed by atoms with Crippen molar-refractivity contribution in [3.63, 3.8) is 0 Å². The van der Waals surface area contributed by atoms with Crippen LogP contribution in [0.5, 0.6) is 23.0 Å². The molecular weight excluding hydrogens is 358 g/mol. The Bertz CT molecular complexity index is 883. The highest BCUT2D eigenvalue weighted by Gasteiger charge is 2.30. The lowest BCUT2D eigenvalue weighted by atomic mass is 10.2. The van der Waals surface area contributed by atoms with E-state index in [-0.39, 0.29) is 23.8 Å². The van der Waals surface area contributed by atoms with E-state index >= 15 is 0 Å². The summed E-state index contributed by atoms with van der Waals surface area (Å²) in [4.78, 5) is 0.0407. The first-order valence-corrected chi connectivity index (χ1v) is 9.46. The van der Waals surface area contributed by atoms with Gasteiger partial charge in [-0.15, -0.1) is 0 Å². The van der Waals surface area contributed by atoms with Crippen molar-refractivity contribution in [1.29, 1.82) is 0 Å². The molecule has 7 nitrogen and oxygen atoms in total. The van der Waals surface area contributed by atoms with Crippen molar-refractivity contribution >= 4 is 10.0 Å². The van der Waals surface area contributed by atoms with E-state index in [1.54, 1.807) is 18.2 Å². The molecule has 140 valence electrons. The number of fused-ring (bicyclic) bond motifs is 1. The van der Waals surface area contributed by atoms with Gasteiger partial charge in [0.25, 0.3) is 0 Å². The number of para-hydroxylation sites is 2. The Hall–Kier alpha value is -2.45. The first-order chi connectivity index (χ1) is 12.5. The van der Waals surface area contributed by atoms with Gasteiger partial charge in [-0.2, -0.15) is 4.31 Å². The third kappa shape index (κ3) is 3.56. The second kappa shape index (κ2) is 7.43. The van der Waals surface area contributed by atoms with Crippen LogP contribution in [0.15, 0.2) is 47.4 Å². The number of rotatable bonds is 6. The predicted molar refractivity (Wildman–Crippen MR) is 95.7 cm³/mol. The molecule has 0 fully saturated rings. The number of nitrogens with zero attached hydrogens (tertiary/aromatic N) is 1. The van der Waals surface area contributed by atoms with Gasteiger partial charge in [-0.3, -0.25) is 0 Å². The van der Waals surface area contributed by atoms with Crippen LogP contribution in [0.3, 0.4) is 0 Å². The van der Waals surface area contributed by atoms with Gasteiger partial charge in [0.1, 0.15) is 29.1 Å². The molecule has 8 heteroatoms. The third-order valence-electron chi connectivity index (χ3n) is 4.09. The molecule has 0 saturated carbocycles. The Morgan fingerprint density at radius 1 is 1.12 bits per heavy atom. The number of sulfonamides is 1. The predicted octanol–water partition coefficient (Wildman–Crippen LogP) is 2.16. The normalized spacial score (nSPS) is 16.4. The van der Waals surface area contributed by atoms with E-state index in [1.165, 1.54) is 31.6 Å². The van der Waals surface area contributed by atoms with Gasteiger partial charge in [-0.1, -0.05) is 12.1 Å². The lowest BCUT2D eigenvalue weighted by Gasteiger charge is -2.29. The zero-order valence-corrected chi connectivity index (χ0v) is 15.7. The van der Waals surface area contributed by atoms with Crippen molar-refractivity contribution in [2.45, 2.75) is 11.0 Å². The van der Waals surface area contributed by atoms with Gasteiger partial charge in [0.05, 0.1) is 20.8 Å². The number of hydrogen-bond donors (Lipinski definition) is 0. The highest BCUT2D eigenvalue weighted by Crippen LogP contribution is 2.33. The summed E-state index contributed by atoms with van der Waals surface area (Å²) in [5.74, 6) is 1.95. The van der Waals surface area contributed by atoms with Gasteiger partial charge < -0.3 is 18.9 Å². The largest absolute Gasteiger partial charge is 0.497 e. The number of likely N-dealkylation sites (N-methyl/N-ethyl adjacent to an activating group) is 1. The number of methoxy groups -OCH3 is 2. The highest BCUT2D eigenvalue weighted by molar-refractivity contribution is 7.89. The highest BCUT2D eigenvalue weighted by atomic mass is 32.2. The number of ether oxygens (including phenoxy) is 4. The quantitative estimate of drug-likeness (QED) is 0.766. The maximum Gasteiger partial charge on any atom is 0.246 e. The fourth-order valence-corrected chi connectivity index (χ4v) is 4.06. The van der Waals surface area contributed by atoms with Crippen LogP contribution in [0.1, 0.15) is 0 Å². The molecule has 2 aromatic rings. The van der Waals surface area contributed by atoms with Crippen molar-refractivity contribution in [1.82, 2.24) is 4.31 Å². The maximum atomic E-state index is 13.0. The van der Waals surface area contributed by atoms with Gasteiger partial charge in [0.15, 0.2) is 11.5 Å². The summed E-state index contributed by atoms with van der Waals surface area (Å²) >= 11 is 0. The van der Waals surface area contributed by atoms with E-state index < -0.39 is 16.1 Å². The monoisotopic (exact) mass is 379 g/mol. The molecule has 0 saturated heterocycles. The molecule has 2 aromatic carbocycles. The van der Waals surface area contributed by atoms with E-state index in [2.05, 4.69) is 0 Å². The molecule has 0 aromatic heterocycles. The van der Waals surface area contributed by atoms with Crippen LogP contribution in [-0.4, -0.2) is 53.2 Å². The molecule has 0 spiro atoms. The fourth-order valence-electron chi connectivity index (χ4n) is 2.69. The number of benzene rings is 2. The van der Waals surface area contributed by atoms with Gasteiger partial charge in [0, 0.05) is 13.1 Å². The fraction of sp³-hybridized carbons (Fsp3) is 0.333. The van der Waals surface area contributed by atoms with E-state index in [0.717, 1.165) is 0 Å². The maximum absolute atomic E-state index is 13.0. The van der Waals surface area contributed by atoms with Crippen molar-refractivity contribution in [2.75, 3.05) is 34.4 Å². The molecule has 1 atom stereocenters. The van der Waals surface area contributed by atoms with Gasteiger partial charge >= 0.3 is 0 Å². The standard InChI is InChI=1S/C18H21NO6S/c1-19(11-14-12-24-15-6-4-5-7-16(15)25-14)26(20,21)18-10-13(22-2)8-9-17(18)23-3/h4-10,14H,11-12H2,1-3H3. The zero-order valence-electron chi connectivity index (χ0n) is 14.8. The zero-order chi connectivity index (χ0) is 18.7. The van der Waals surface area contributed by atoms with Crippen molar-refractivity contribution in [2.24, 2.45) is 0 Å². The number of hydrogen-bond acceptors (Lipinski definition) is 6. The summed E-state index contributed by atoms with van der Waals surface area (Å²) in [5.41, 5.74) is 0. The van der Waals surface area contributed by atoms with E-state index in [0.29, 0.717) is 17.2 Å². The summed E-state index contributed by atoms with van der Waals surface area (Å²) in [6.45, 7) is 0.406. The first kappa shape index (κ1) is 18.3. The molecule has 1 heterocycles. The molecule has 0 radical (unpaired) electrons. The molecule has 1 unspecified atom stereocenters. The Balaban J connectivity index is 1.80. The molecule has 3 rings (SSSR count). The Morgan fingerprint density at radius 2 is 1.85 bits per heavy atom. The van der Waals surface area contributed by atoms with E-state index in [4.69, 9.17) is 18.9 Å². The van der Waals surface area contributed by atoms with Crippen LogP contribution in [0, 0.1) is 0 Å². The Labute approximate surface area is 153 Å². The molecule has 1 aliphatic rings. The topological polar surface area (TPSA) is 74.3 Å². The lowest BCUT2D eigenvalue weighted by molar-refractivity contribution is 0.0798. The van der Waals surface area contributed by atoms with E-state index in [1.807, 2.05) is 18.2 Å². The Morgan fingerprint density at radius 3 is 2.54 bits per heavy atom. The third-order valence-corrected chi connectivity index (χ3v) is 5.93. The molecule has 0 N–H and O–H groups in total. The second-order valence-corrected chi connectivity index (χ2v) is 7.81. The SMILES string of the molecule is COc1ccc(OC)c(S(=O)(=O)N(C)CC2COc3ccccc3O2)c1. The van der Waals surface area contributed by atoms with Crippen LogP contribution in [0.4, 0.5) is 0 Å². The summed E-state index contributed by atoms with van der Waals surface area (Å²) in [6.07, 6.45) is -0.415. The minimum absolute atomic E-state index is 0.0407. The first-order valence-electron chi connectivity index (χ1n) is 8.02. The minimum Gasteiger partial charge on any atom is -0.497 e. The van der Waals surface area contributed by atoms with Crippen molar-refractivity contribution in [3.05, 3.63) is 42.5 Å². The smallest absolute Gasteiger partial charge is 0.246 e. The van der Waals surface area contributed by atoms with Crippen LogP contribution < -0.4 is 18.9 Å². The van der Waals surface area contributed by atoms with E-state index in [9.17, 15) is 8.42 Å². The lowest BCUT2D eigenvalue weighted by Crippen LogP contribution is -2.41. The average Bonchev–Trinajstić information content (AvgIpc) is 2.67. The van der Waals surface area contributed by atoms with Crippen LogP contribution in [0.2, 0.25) is 0 Å². The molecular formula is C18H21NO6S. The molecule has 0 aliphatic carbocycles. The second-order valence-electron chi connectivity index (χ2n) is 5.80. The van der Waals surface area contributed by atoms with Crippen molar-refractivity contribution < 1.29 is 27.4 Å². The average molecular weight is 379 g/mol. The summed E-state index contributed by atoms with van der Waals surface area (Å²) in [6, 6.07) is 12.0. The summed E-state index contributed by atoms with van der Waals surface area (Å²) < 4.78 is 49.0. The van der Waals surface area contributed by atoms with Crippen LogP contribution in [-0.2, 0) is 10.0 Å². The van der Waals surface area contributed by atoms with Gasteiger partial charge in [0.2, 0.25) is 10.0 Å². The molecule has 0 bridgehead atoms. The van der Waals surface area contributed by atoms with Crippen molar-refractivity contribution in [3.8, 4) is 23.0 Å². The molecule has 26 heavy (non-hydrogen) atoms. The van der Waals surface area contributed by atoms with Gasteiger partial charge in [-0.05, 0) is 24.3 Å². The van der Waals surface area contributed by atoms with Crippen LogP contribution >= 0.6 is 0 Å². The van der Waals surface area contributed by atoms with Gasteiger partial charge in [-0.25, -0.2) is 8.42 Å². The summed E-state index contributed by atoms with van der Waals surface area (Å²) in [7, 11) is 0.605.